The van der Waals surface area contributed by atoms with Gasteiger partial charge in [0.25, 0.3) is 0 Å². The molecule has 0 aliphatic carbocycles. The molecule has 7 heteroatoms. The number of piperazine rings is 1. The third-order valence-electron chi connectivity index (χ3n) is 3.04. The Morgan fingerprint density at radius 1 is 1.53 bits per heavy atom. The van der Waals surface area contributed by atoms with Gasteiger partial charge >= 0.3 is 0 Å². The predicted octanol–water partition coefficient (Wildman–Crippen LogP) is -1.62. The van der Waals surface area contributed by atoms with E-state index in [1.807, 2.05) is 11.9 Å². The Bertz CT molecular complexity index is 365. The van der Waals surface area contributed by atoms with Gasteiger partial charge in [0.1, 0.15) is 19.2 Å². The quantitative estimate of drug-likeness (QED) is 0.684. The number of amides is 1. The molecular formula is C10H18N6O. The molecule has 7 nitrogen and oxygen atoms in total. The van der Waals surface area contributed by atoms with Gasteiger partial charge in [-0.3, -0.25) is 4.79 Å². The van der Waals surface area contributed by atoms with Gasteiger partial charge in [0.15, 0.2) is 0 Å². The molecule has 1 fully saturated rings. The zero-order valence-corrected chi connectivity index (χ0v) is 9.99. The number of likely N-dealkylation sites (N-methyl/N-ethyl adjacent to an activating group) is 1. The van der Waals surface area contributed by atoms with Crippen molar-refractivity contribution in [3.05, 3.63) is 12.7 Å². The van der Waals surface area contributed by atoms with Gasteiger partial charge in [-0.1, -0.05) is 0 Å². The number of nitrogens with zero attached hydrogens (tertiary/aromatic N) is 5. The van der Waals surface area contributed by atoms with Gasteiger partial charge in [-0.15, -0.1) is 0 Å². The number of carbonyl (C=O) groups is 1. The lowest BCUT2D eigenvalue weighted by Crippen LogP contribution is -2.57. The molecule has 1 aliphatic rings. The average molecular weight is 238 g/mol. The molecule has 1 unspecified atom stereocenters. The normalized spacial score (nSPS) is 21.8. The largest absolute Gasteiger partial charge is 0.334 e. The fraction of sp³-hybridized carbons (Fsp3) is 0.700. The van der Waals surface area contributed by atoms with Crippen LogP contribution in [0.5, 0.6) is 0 Å². The first-order valence-corrected chi connectivity index (χ1v) is 5.71. The van der Waals surface area contributed by atoms with Crippen molar-refractivity contribution in [1.29, 1.82) is 0 Å². The van der Waals surface area contributed by atoms with Crippen molar-refractivity contribution in [3.63, 3.8) is 0 Å². The predicted molar refractivity (Wildman–Crippen MR) is 62.1 cm³/mol. The van der Waals surface area contributed by atoms with Gasteiger partial charge in [-0.05, 0) is 7.05 Å². The first-order valence-electron chi connectivity index (χ1n) is 5.71. The maximum atomic E-state index is 12.1. The fourth-order valence-corrected chi connectivity index (χ4v) is 2.08. The third-order valence-corrected chi connectivity index (χ3v) is 3.04. The smallest absolute Gasteiger partial charge is 0.244 e. The molecule has 1 aliphatic heterocycles. The van der Waals surface area contributed by atoms with E-state index in [1.165, 1.54) is 11.0 Å². The molecular weight excluding hydrogens is 220 g/mol. The van der Waals surface area contributed by atoms with Crippen LogP contribution in [0.4, 0.5) is 0 Å². The molecule has 94 valence electrons. The highest BCUT2D eigenvalue weighted by molar-refractivity contribution is 5.76. The Kier molecular flexibility index (Phi) is 3.70. The van der Waals surface area contributed by atoms with Crippen molar-refractivity contribution in [2.24, 2.45) is 5.73 Å². The van der Waals surface area contributed by atoms with Gasteiger partial charge in [-0.2, -0.15) is 5.10 Å². The summed E-state index contributed by atoms with van der Waals surface area (Å²) in [6, 6.07) is 0.102. The summed E-state index contributed by atoms with van der Waals surface area (Å²) in [6.45, 7) is 3.18. The van der Waals surface area contributed by atoms with Crippen molar-refractivity contribution >= 4 is 5.91 Å². The summed E-state index contributed by atoms with van der Waals surface area (Å²) in [7, 11) is 2.04. The topological polar surface area (TPSA) is 80.3 Å². The van der Waals surface area contributed by atoms with Crippen molar-refractivity contribution in [1.82, 2.24) is 24.6 Å². The number of hydrogen-bond acceptors (Lipinski definition) is 5. The number of carbonyl (C=O) groups excluding carboxylic acids is 1. The van der Waals surface area contributed by atoms with Crippen LogP contribution in [0.3, 0.4) is 0 Å². The molecule has 2 N–H and O–H groups in total. The second kappa shape index (κ2) is 5.24. The van der Waals surface area contributed by atoms with Crippen molar-refractivity contribution < 1.29 is 4.79 Å². The second-order valence-electron chi connectivity index (χ2n) is 4.33. The van der Waals surface area contributed by atoms with Gasteiger partial charge in [-0.25, -0.2) is 9.67 Å². The highest BCUT2D eigenvalue weighted by Crippen LogP contribution is 2.08. The molecule has 17 heavy (non-hydrogen) atoms. The van der Waals surface area contributed by atoms with Crippen molar-refractivity contribution in [3.8, 4) is 0 Å². The molecule has 0 saturated carbocycles. The lowest BCUT2D eigenvalue weighted by molar-refractivity contribution is -0.136. The highest BCUT2D eigenvalue weighted by Gasteiger charge is 2.27. The second-order valence-corrected chi connectivity index (χ2v) is 4.33. The van der Waals surface area contributed by atoms with Gasteiger partial charge in [0.2, 0.25) is 5.91 Å². The summed E-state index contributed by atoms with van der Waals surface area (Å²) < 4.78 is 1.54. The maximum absolute atomic E-state index is 12.1. The zero-order valence-electron chi connectivity index (χ0n) is 9.99. The summed E-state index contributed by atoms with van der Waals surface area (Å²) in [5.41, 5.74) is 5.71. The Balaban J connectivity index is 1.98. The first-order chi connectivity index (χ1) is 8.20. The number of rotatable bonds is 3. The summed E-state index contributed by atoms with van der Waals surface area (Å²) >= 11 is 0. The number of nitrogens with two attached hydrogens (primary N) is 1. The van der Waals surface area contributed by atoms with Crippen LogP contribution in [-0.2, 0) is 11.3 Å². The minimum absolute atomic E-state index is 0.0547. The van der Waals surface area contributed by atoms with E-state index in [0.717, 1.165) is 19.6 Å². The van der Waals surface area contributed by atoms with Crippen LogP contribution in [0.25, 0.3) is 0 Å². The van der Waals surface area contributed by atoms with Crippen molar-refractivity contribution in [2.75, 3.05) is 33.2 Å². The van der Waals surface area contributed by atoms with Gasteiger partial charge < -0.3 is 15.5 Å². The molecule has 2 rings (SSSR count). The first kappa shape index (κ1) is 12.0. The minimum Gasteiger partial charge on any atom is -0.334 e. The molecule has 0 aromatic carbocycles. The Labute approximate surface area is 100 Å². The minimum atomic E-state index is 0.0547. The van der Waals surface area contributed by atoms with Crippen LogP contribution >= 0.6 is 0 Å². The lowest BCUT2D eigenvalue weighted by atomic mass is 10.1. The summed E-state index contributed by atoms with van der Waals surface area (Å²) in [4.78, 5) is 20.0. The Hall–Kier alpha value is -1.47. The fourth-order valence-electron chi connectivity index (χ4n) is 2.08. The van der Waals surface area contributed by atoms with Crippen LogP contribution in [0.15, 0.2) is 12.7 Å². The van der Waals surface area contributed by atoms with E-state index in [-0.39, 0.29) is 18.5 Å². The number of hydrogen-bond donors (Lipinski definition) is 1. The third kappa shape index (κ3) is 2.80. The van der Waals surface area contributed by atoms with Gasteiger partial charge in [0.05, 0.1) is 6.04 Å². The Morgan fingerprint density at radius 2 is 2.35 bits per heavy atom. The van der Waals surface area contributed by atoms with Gasteiger partial charge in [0, 0.05) is 26.2 Å². The van der Waals surface area contributed by atoms with E-state index in [0.29, 0.717) is 6.54 Å². The van der Waals surface area contributed by atoms with Crippen LogP contribution in [0, 0.1) is 0 Å². The molecule has 1 aromatic heterocycles. The van der Waals surface area contributed by atoms with Crippen LogP contribution in [-0.4, -0.2) is 69.7 Å². The van der Waals surface area contributed by atoms with E-state index in [2.05, 4.69) is 15.0 Å². The molecule has 0 bridgehead atoms. The SMILES string of the molecule is CN1CCN(C(=O)Cn2cncn2)C(CN)C1. The molecule has 1 saturated heterocycles. The zero-order chi connectivity index (χ0) is 12.3. The Morgan fingerprint density at radius 3 is 3.00 bits per heavy atom. The molecule has 1 atom stereocenters. The van der Waals surface area contributed by atoms with Crippen LogP contribution < -0.4 is 5.73 Å². The van der Waals surface area contributed by atoms with E-state index >= 15 is 0 Å². The summed E-state index contributed by atoms with van der Waals surface area (Å²) in [6.07, 6.45) is 2.98. The molecule has 0 spiro atoms. The molecule has 0 radical (unpaired) electrons. The van der Waals surface area contributed by atoms with E-state index in [9.17, 15) is 4.79 Å². The van der Waals surface area contributed by atoms with E-state index in [4.69, 9.17) is 5.73 Å². The standard InChI is InChI=1S/C10H18N6O/c1-14-2-3-16(9(4-11)5-14)10(17)6-15-8-12-7-13-15/h7-9H,2-6,11H2,1H3. The molecule has 1 amide bonds. The van der Waals surface area contributed by atoms with Crippen LogP contribution in [0.2, 0.25) is 0 Å². The van der Waals surface area contributed by atoms with Crippen LogP contribution in [0.1, 0.15) is 0 Å². The van der Waals surface area contributed by atoms with E-state index < -0.39 is 0 Å². The average Bonchev–Trinajstić information content (AvgIpc) is 2.81. The summed E-state index contributed by atoms with van der Waals surface area (Å²) in [5.74, 6) is 0.0547. The summed E-state index contributed by atoms with van der Waals surface area (Å²) in [5, 5.41) is 3.93. The number of aromatic nitrogens is 3. The molecule has 2 heterocycles. The van der Waals surface area contributed by atoms with E-state index in [1.54, 1.807) is 6.33 Å². The molecule has 1 aromatic rings. The highest BCUT2D eigenvalue weighted by atomic mass is 16.2. The lowest BCUT2D eigenvalue weighted by Gasteiger charge is -2.39. The van der Waals surface area contributed by atoms with Crippen molar-refractivity contribution in [2.45, 2.75) is 12.6 Å². The maximum Gasteiger partial charge on any atom is 0.244 e. The monoisotopic (exact) mass is 238 g/mol.